The normalized spacial score (nSPS) is 28.8. The van der Waals surface area contributed by atoms with Crippen molar-refractivity contribution in [2.45, 2.75) is 25.3 Å². The minimum absolute atomic E-state index is 0.447. The minimum atomic E-state index is 0.447. The first-order valence-electron chi connectivity index (χ1n) is 6.63. The van der Waals surface area contributed by atoms with Gasteiger partial charge in [-0.15, -0.1) is 0 Å². The quantitative estimate of drug-likeness (QED) is 0.900. The highest BCUT2D eigenvalue weighted by Gasteiger charge is 2.39. The average molecular weight is 298 g/mol. The van der Waals surface area contributed by atoms with Crippen LogP contribution >= 0.6 is 23.2 Å². The average Bonchev–Trinajstić information content (AvgIpc) is 3.00. The molecule has 19 heavy (non-hydrogen) atoms. The summed E-state index contributed by atoms with van der Waals surface area (Å²) in [5.74, 6) is 2.12. The van der Waals surface area contributed by atoms with E-state index in [-0.39, 0.29) is 0 Å². The van der Waals surface area contributed by atoms with Crippen molar-refractivity contribution in [2.24, 2.45) is 10.9 Å². The first kappa shape index (κ1) is 13.1. The Balaban J connectivity index is 1.53. The lowest BCUT2D eigenvalue weighted by Gasteiger charge is -2.09. The molecule has 2 aliphatic rings. The van der Waals surface area contributed by atoms with Crippen molar-refractivity contribution < 1.29 is 0 Å². The molecule has 1 aliphatic carbocycles. The third kappa shape index (κ3) is 2.98. The van der Waals surface area contributed by atoms with Crippen LogP contribution in [0, 0.1) is 5.92 Å². The monoisotopic (exact) mass is 297 g/mol. The maximum absolute atomic E-state index is 6.24. The third-order valence-corrected chi connectivity index (χ3v) is 4.29. The molecule has 0 amide bonds. The van der Waals surface area contributed by atoms with Crippen LogP contribution in [0.2, 0.25) is 10.0 Å². The number of halogens is 2. The first-order chi connectivity index (χ1) is 9.13. The summed E-state index contributed by atoms with van der Waals surface area (Å²) in [5.41, 5.74) is 1.22. The molecule has 0 radical (unpaired) electrons. The molecule has 102 valence electrons. The van der Waals surface area contributed by atoms with Gasteiger partial charge >= 0.3 is 0 Å². The fourth-order valence-corrected chi connectivity index (χ4v) is 3.09. The van der Waals surface area contributed by atoms with E-state index < -0.39 is 0 Å². The fourth-order valence-electron chi connectivity index (χ4n) is 2.54. The number of rotatable bonds is 3. The maximum Gasteiger partial charge on any atom is 0.191 e. The summed E-state index contributed by atoms with van der Waals surface area (Å²) >= 11 is 12.2. The summed E-state index contributed by atoms with van der Waals surface area (Å²) in [6, 6.07) is 6.23. The molecule has 1 aromatic carbocycles. The van der Waals surface area contributed by atoms with E-state index in [1.165, 1.54) is 12.0 Å². The summed E-state index contributed by atoms with van der Waals surface area (Å²) < 4.78 is 0. The summed E-state index contributed by atoms with van der Waals surface area (Å²) in [4.78, 5) is 4.39. The Bertz CT molecular complexity index is 515. The lowest BCUT2D eigenvalue weighted by atomic mass is 10.1. The van der Waals surface area contributed by atoms with E-state index >= 15 is 0 Å². The van der Waals surface area contributed by atoms with Gasteiger partial charge in [0.2, 0.25) is 0 Å². The van der Waals surface area contributed by atoms with Gasteiger partial charge in [0.25, 0.3) is 0 Å². The molecular weight excluding hydrogens is 281 g/mol. The molecule has 3 nitrogen and oxygen atoms in total. The summed E-state index contributed by atoms with van der Waals surface area (Å²) in [6.45, 7) is 3.94. The fraction of sp³-hybridized carbons (Fsp3) is 0.500. The van der Waals surface area contributed by atoms with Crippen LogP contribution in [0.15, 0.2) is 23.2 Å². The van der Waals surface area contributed by atoms with Crippen LogP contribution in [-0.4, -0.2) is 25.1 Å². The third-order valence-electron chi connectivity index (χ3n) is 3.72. The van der Waals surface area contributed by atoms with Crippen molar-refractivity contribution in [3.8, 4) is 0 Å². The second kappa shape index (κ2) is 5.22. The molecule has 1 aliphatic heterocycles. The standard InChI is InChI=1S/C14H17Cl2N3/c1-8-6-17-14(19-8)18-7-9-4-12(9)11-3-2-10(15)5-13(11)16/h2-3,5,8-9,12H,4,6-7H2,1H3,(H2,17,18,19)/t8?,9-,12+/m0/s1. The molecule has 0 aromatic heterocycles. The topological polar surface area (TPSA) is 36.4 Å². The number of aliphatic imine (C=N–C) groups is 1. The molecule has 2 N–H and O–H groups in total. The highest BCUT2D eigenvalue weighted by Crippen LogP contribution is 2.49. The Hall–Kier alpha value is -0.930. The van der Waals surface area contributed by atoms with E-state index in [4.69, 9.17) is 23.2 Å². The number of nitrogens with one attached hydrogen (secondary N) is 2. The zero-order valence-corrected chi connectivity index (χ0v) is 12.3. The van der Waals surface area contributed by atoms with Gasteiger partial charge in [-0.1, -0.05) is 29.3 Å². The van der Waals surface area contributed by atoms with E-state index in [1.54, 1.807) is 0 Å². The molecule has 3 rings (SSSR count). The van der Waals surface area contributed by atoms with Crippen molar-refractivity contribution in [2.75, 3.05) is 13.1 Å². The number of hydrogen-bond donors (Lipinski definition) is 2. The van der Waals surface area contributed by atoms with Crippen LogP contribution in [0.4, 0.5) is 0 Å². The van der Waals surface area contributed by atoms with Crippen LogP contribution in [-0.2, 0) is 0 Å². The summed E-state index contributed by atoms with van der Waals surface area (Å²) in [5, 5.41) is 8.16. The molecule has 1 heterocycles. The predicted octanol–water partition coefficient (Wildman–Crippen LogP) is 3.03. The molecular formula is C14H17Cl2N3. The van der Waals surface area contributed by atoms with Crippen molar-refractivity contribution in [3.63, 3.8) is 0 Å². The molecule has 0 saturated heterocycles. The SMILES string of the molecule is CC1CN=C(NC[C@@H]2C[C@H]2c2ccc(Cl)cc2Cl)N1. The van der Waals surface area contributed by atoms with Gasteiger partial charge in [0, 0.05) is 22.6 Å². The van der Waals surface area contributed by atoms with E-state index in [0.717, 1.165) is 24.1 Å². The molecule has 1 aromatic rings. The van der Waals surface area contributed by atoms with E-state index in [9.17, 15) is 0 Å². The van der Waals surface area contributed by atoms with Crippen molar-refractivity contribution >= 4 is 29.2 Å². The van der Waals surface area contributed by atoms with Gasteiger partial charge in [0.15, 0.2) is 5.96 Å². The van der Waals surface area contributed by atoms with Crippen molar-refractivity contribution in [1.29, 1.82) is 0 Å². The minimum Gasteiger partial charge on any atom is -0.356 e. The van der Waals surface area contributed by atoms with Gasteiger partial charge < -0.3 is 10.6 Å². The molecule has 1 saturated carbocycles. The summed E-state index contributed by atoms with van der Waals surface area (Å²) in [7, 11) is 0. The Morgan fingerprint density at radius 1 is 1.42 bits per heavy atom. The van der Waals surface area contributed by atoms with Crippen LogP contribution in [0.1, 0.15) is 24.8 Å². The first-order valence-corrected chi connectivity index (χ1v) is 7.39. The van der Waals surface area contributed by atoms with Gasteiger partial charge in [-0.25, -0.2) is 0 Å². The Labute approximate surface area is 123 Å². The van der Waals surface area contributed by atoms with Gasteiger partial charge in [0.05, 0.1) is 6.54 Å². The highest BCUT2D eigenvalue weighted by molar-refractivity contribution is 6.35. The lowest BCUT2D eigenvalue weighted by Crippen LogP contribution is -2.38. The second-order valence-electron chi connectivity index (χ2n) is 5.38. The Morgan fingerprint density at radius 3 is 2.95 bits per heavy atom. The van der Waals surface area contributed by atoms with Crippen LogP contribution in [0.25, 0.3) is 0 Å². The van der Waals surface area contributed by atoms with Gasteiger partial charge in [0.1, 0.15) is 0 Å². The number of nitrogens with zero attached hydrogens (tertiary/aromatic N) is 1. The zero-order chi connectivity index (χ0) is 13.4. The number of benzene rings is 1. The molecule has 3 atom stereocenters. The van der Waals surface area contributed by atoms with Gasteiger partial charge in [-0.3, -0.25) is 4.99 Å². The van der Waals surface area contributed by atoms with Crippen molar-refractivity contribution in [1.82, 2.24) is 10.6 Å². The maximum atomic E-state index is 6.24. The second-order valence-corrected chi connectivity index (χ2v) is 6.23. The predicted molar refractivity (Wildman–Crippen MR) is 80.2 cm³/mol. The Kier molecular flexibility index (Phi) is 3.59. The van der Waals surface area contributed by atoms with Crippen LogP contribution in [0.3, 0.4) is 0 Å². The molecule has 0 spiro atoms. The zero-order valence-electron chi connectivity index (χ0n) is 10.8. The van der Waals surface area contributed by atoms with E-state index in [2.05, 4.69) is 22.5 Å². The largest absolute Gasteiger partial charge is 0.356 e. The van der Waals surface area contributed by atoms with Gasteiger partial charge in [-0.2, -0.15) is 0 Å². The molecule has 1 unspecified atom stereocenters. The van der Waals surface area contributed by atoms with E-state index in [1.807, 2.05) is 18.2 Å². The Morgan fingerprint density at radius 2 is 2.26 bits per heavy atom. The highest BCUT2D eigenvalue weighted by atomic mass is 35.5. The lowest BCUT2D eigenvalue weighted by molar-refractivity contribution is 0.696. The molecule has 5 heteroatoms. The number of hydrogen-bond acceptors (Lipinski definition) is 3. The van der Waals surface area contributed by atoms with Crippen LogP contribution < -0.4 is 10.6 Å². The smallest absolute Gasteiger partial charge is 0.191 e. The van der Waals surface area contributed by atoms with Crippen molar-refractivity contribution in [3.05, 3.63) is 33.8 Å². The van der Waals surface area contributed by atoms with E-state index in [0.29, 0.717) is 22.9 Å². The molecule has 0 bridgehead atoms. The molecule has 1 fully saturated rings. The van der Waals surface area contributed by atoms with Crippen LogP contribution in [0.5, 0.6) is 0 Å². The summed E-state index contributed by atoms with van der Waals surface area (Å²) in [6.07, 6.45) is 1.18. The number of guanidine groups is 1. The van der Waals surface area contributed by atoms with Gasteiger partial charge in [-0.05, 0) is 42.9 Å².